The Hall–Kier alpha value is -1.38. The molecule has 0 bridgehead atoms. The zero-order valence-electron chi connectivity index (χ0n) is 9.55. The lowest BCUT2D eigenvalue weighted by atomic mass is 10.0. The Morgan fingerprint density at radius 1 is 1.38 bits per heavy atom. The van der Waals surface area contributed by atoms with E-state index in [2.05, 4.69) is 12.2 Å². The van der Waals surface area contributed by atoms with Gasteiger partial charge in [-0.1, -0.05) is 0 Å². The first-order valence-electron chi connectivity index (χ1n) is 6.03. The van der Waals surface area contributed by atoms with Gasteiger partial charge in [0.2, 0.25) is 6.41 Å². The molecule has 2 aliphatic rings. The van der Waals surface area contributed by atoms with Gasteiger partial charge in [0, 0.05) is 17.3 Å². The standard InChI is InChI=1S/C13H16N2O/c1-8-12(9-5-6-9)15-11-4-2-3-10(11)13(8)14-7-16/h7,9H,2-6H2,1H3,(H,14,15,16). The van der Waals surface area contributed by atoms with Crippen LogP contribution in [0.1, 0.15) is 47.7 Å². The van der Waals surface area contributed by atoms with Crippen molar-refractivity contribution in [2.75, 3.05) is 5.32 Å². The van der Waals surface area contributed by atoms with E-state index in [1.54, 1.807) is 0 Å². The fourth-order valence-corrected chi connectivity index (χ4v) is 2.71. The van der Waals surface area contributed by atoms with Gasteiger partial charge in [-0.3, -0.25) is 9.78 Å². The molecule has 0 atom stereocenters. The van der Waals surface area contributed by atoms with Crippen molar-refractivity contribution >= 4 is 12.1 Å². The minimum absolute atomic E-state index is 0.651. The first-order chi connectivity index (χ1) is 7.81. The maximum atomic E-state index is 10.7. The number of fused-ring (bicyclic) bond motifs is 1. The van der Waals surface area contributed by atoms with Crippen molar-refractivity contribution in [3.63, 3.8) is 0 Å². The van der Waals surface area contributed by atoms with Gasteiger partial charge < -0.3 is 5.32 Å². The summed E-state index contributed by atoms with van der Waals surface area (Å²) in [6, 6.07) is 0. The van der Waals surface area contributed by atoms with Crippen LogP contribution in [0.2, 0.25) is 0 Å². The predicted octanol–water partition coefficient (Wildman–Crippen LogP) is 2.32. The number of hydrogen-bond donors (Lipinski definition) is 1. The molecule has 0 spiro atoms. The maximum absolute atomic E-state index is 10.7. The van der Waals surface area contributed by atoms with Crippen molar-refractivity contribution in [3.05, 3.63) is 22.5 Å². The van der Waals surface area contributed by atoms with Gasteiger partial charge in [0.05, 0.1) is 5.69 Å². The number of nitrogens with zero attached hydrogens (tertiary/aromatic N) is 1. The van der Waals surface area contributed by atoms with Crippen LogP contribution in [0.25, 0.3) is 0 Å². The molecule has 3 rings (SSSR count). The maximum Gasteiger partial charge on any atom is 0.211 e. The topological polar surface area (TPSA) is 42.0 Å². The Labute approximate surface area is 95.3 Å². The number of nitrogens with one attached hydrogen (secondary N) is 1. The molecule has 0 radical (unpaired) electrons. The van der Waals surface area contributed by atoms with Crippen molar-refractivity contribution in [1.82, 2.24) is 4.98 Å². The zero-order chi connectivity index (χ0) is 11.1. The Balaban J connectivity index is 2.15. The van der Waals surface area contributed by atoms with E-state index in [1.807, 2.05) is 0 Å². The minimum Gasteiger partial charge on any atom is -0.328 e. The quantitative estimate of drug-likeness (QED) is 0.788. The number of pyridine rings is 1. The molecule has 1 amide bonds. The van der Waals surface area contributed by atoms with Crippen LogP contribution >= 0.6 is 0 Å². The van der Waals surface area contributed by atoms with Crippen LogP contribution in [0.4, 0.5) is 5.69 Å². The third-order valence-corrected chi connectivity index (χ3v) is 3.67. The largest absolute Gasteiger partial charge is 0.328 e. The highest BCUT2D eigenvalue weighted by Gasteiger charge is 2.30. The summed E-state index contributed by atoms with van der Waals surface area (Å²) in [6.07, 6.45) is 6.61. The highest BCUT2D eigenvalue weighted by molar-refractivity contribution is 5.77. The van der Waals surface area contributed by atoms with Crippen molar-refractivity contribution < 1.29 is 4.79 Å². The molecule has 0 saturated heterocycles. The second kappa shape index (κ2) is 3.58. The molecule has 1 fully saturated rings. The molecule has 0 unspecified atom stereocenters. The fourth-order valence-electron chi connectivity index (χ4n) is 2.71. The number of hydrogen-bond acceptors (Lipinski definition) is 2. The van der Waals surface area contributed by atoms with Gasteiger partial charge in [-0.05, 0) is 50.2 Å². The van der Waals surface area contributed by atoms with Crippen molar-refractivity contribution in [1.29, 1.82) is 0 Å². The fraction of sp³-hybridized carbons (Fsp3) is 0.538. The zero-order valence-corrected chi connectivity index (χ0v) is 9.55. The number of aryl methyl sites for hydroxylation is 1. The Bertz CT molecular complexity index is 450. The number of aromatic nitrogens is 1. The Morgan fingerprint density at radius 2 is 2.19 bits per heavy atom. The molecular weight excluding hydrogens is 200 g/mol. The van der Waals surface area contributed by atoms with E-state index in [4.69, 9.17) is 4.98 Å². The van der Waals surface area contributed by atoms with Gasteiger partial charge in [0.15, 0.2) is 0 Å². The number of carbonyl (C=O) groups excluding carboxylic acids is 1. The second-order valence-electron chi connectivity index (χ2n) is 4.81. The van der Waals surface area contributed by atoms with Gasteiger partial charge in [-0.2, -0.15) is 0 Å². The third kappa shape index (κ3) is 1.42. The van der Waals surface area contributed by atoms with Gasteiger partial charge in [-0.25, -0.2) is 0 Å². The highest BCUT2D eigenvalue weighted by Crippen LogP contribution is 2.44. The molecule has 0 aliphatic heterocycles. The van der Waals surface area contributed by atoms with Crippen LogP contribution in [0.5, 0.6) is 0 Å². The molecule has 84 valence electrons. The van der Waals surface area contributed by atoms with E-state index in [-0.39, 0.29) is 0 Å². The van der Waals surface area contributed by atoms with Crippen LogP contribution in [0.15, 0.2) is 0 Å². The summed E-state index contributed by atoms with van der Waals surface area (Å²) in [5, 5.41) is 2.88. The van der Waals surface area contributed by atoms with Gasteiger partial charge in [-0.15, -0.1) is 0 Å². The lowest BCUT2D eigenvalue weighted by molar-refractivity contribution is -0.105. The molecule has 0 aromatic carbocycles. The molecule has 1 N–H and O–H groups in total. The van der Waals surface area contributed by atoms with Gasteiger partial charge in [0.1, 0.15) is 0 Å². The van der Waals surface area contributed by atoms with Crippen molar-refractivity contribution in [2.24, 2.45) is 0 Å². The molecular formula is C13H16N2O. The molecule has 1 saturated carbocycles. The smallest absolute Gasteiger partial charge is 0.211 e. The number of anilines is 1. The average Bonchev–Trinajstić information content (AvgIpc) is 3.01. The molecule has 1 aromatic rings. The van der Waals surface area contributed by atoms with Crippen LogP contribution in [0, 0.1) is 6.92 Å². The molecule has 3 heteroatoms. The van der Waals surface area contributed by atoms with E-state index in [0.29, 0.717) is 5.92 Å². The molecule has 1 aromatic heterocycles. The summed E-state index contributed by atoms with van der Waals surface area (Å²) >= 11 is 0. The SMILES string of the molecule is Cc1c(C2CC2)nc2c(c1NC=O)CCC2. The predicted molar refractivity (Wildman–Crippen MR) is 62.7 cm³/mol. The molecule has 16 heavy (non-hydrogen) atoms. The number of amides is 1. The van der Waals surface area contributed by atoms with Gasteiger partial charge >= 0.3 is 0 Å². The normalized spacial score (nSPS) is 18.3. The molecule has 1 heterocycles. The summed E-state index contributed by atoms with van der Waals surface area (Å²) in [5.74, 6) is 0.651. The third-order valence-electron chi connectivity index (χ3n) is 3.67. The van der Waals surface area contributed by atoms with Crippen LogP contribution in [-0.4, -0.2) is 11.4 Å². The summed E-state index contributed by atoms with van der Waals surface area (Å²) in [6.45, 7) is 2.09. The van der Waals surface area contributed by atoms with Gasteiger partial charge in [0.25, 0.3) is 0 Å². The number of carbonyl (C=O) groups is 1. The van der Waals surface area contributed by atoms with E-state index in [1.165, 1.54) is 41.8 Å². The first kappa shape index (κ1) is 9.82. The van der Waals surface area contributed by atoms with Crippen LogP contribution in [-0.2, 0) is 17.6 Å². The van der Waals surface area contributed by atoms with E-state index < -0.39 is 0 Å². The van der Waals surface area contributed by atoms with E-state index in [9.17, 15) is 4.79 Å². The molecule has 2 aliphatic carbocycles. The second-order valence-corrected chi connectivity index (χ2v) is 4.81. The van der Waals surface area contributed by atoms with E-state index >= 15 is 0 Å². The van der Waals surface area contributed by atoms with E-state index in [0.717, 1.165) is 24.9 Å². The summed E-state index contributed by atoms with van der Waals surface area (Å²) in [4.78, 5) is 15.5. The molecule has 3 nitrogen and oxygen atoms in total. The highest BCUT2D eigenvalue weighted by atomic mass is 16.1. The van der Waals surface area contributed by atoms with Crippen LogP contribution in [0.3, 0.4) is 0 Å². The van der Waals surface area contributed by atoms with Crippen molar-refractivity contribution in [3.8, 4) is 0 Å². The lowest BCUT2D eigenvalue weighted by Crippen LogP contribution is -2.06. The van der Waals surface area contributed by atoms with Crippen molar-refractivity contribution in [2.45, 2.75) is 44.9 Å². The lowest BCUT2D eigenvalue weighted by Gasteiger charge is -2.14. The summed E-state index contributed by atoms with van der Waals surface area (Å²) < 4.78 is 0. The average molecular weight is 216 g/mol. The first-order valence-corrected chi connectivity index (χ1v) is 6.03. The summed E-state index contributed by atoms with van der Waals surface area (Å²) in [7, 11) is 0. The minimum atomic E-state index is 0.651. The Morgan fingerprint density at radius 3 is 2.88 bits per heavy atom. The van der Waals surface area contributed by atoms with Crippen LogP contribution < -0.4 is 5.32 Å². The summed E-state index contributed by atoms with van der Waals surface area (Å²) in [5.41, 5.74) is 5.95. The Kier molecular flexibility index (Phi) is 2.20. The number of rotatable bonds is 3. The monoisotopic (exact) mass is 216 g/mol.